The number of halogens is 1. The summed E-state index contributed by atoms with van der Waals surface area (Å²) in [5.74, 6) is 0. The summed E-state index contributed by atoms with van der Waals surface area (Å²) in [6, 6.07) is 43.4. The van der Waals surface area contributed by atoms with Crippen molar-refractivity contribution in [3.05, 3.63) is 137 Å². The van der Waals surface area contributed by atoms with Gasteiger partial charge in [0, 0.05) is 21.5 Å². The van der Waals surface area contributed by atoms with Gasteiger partial charge in [-0.25, -0.2) is 0 Å². The molecule has 34 heavy (non-hydrogen) atoms. The first-order valence-electron chi connectivity index (χ1n) is 11.5. The molecule has 1 nitrogen and oxygen atoms in total. The molecule has 0 spiro atoms. The van der Waals surface area contributed by atoms with Crippen molar-refractivity contribution in [2.75, 3.05) is 4.90 Å². The van der Waals surface area contributed by atoms with Gasteiger partial charge in [-0.2, -0.15) is 0 Å². The van der Waals surface area contributed by atoms with Crippen LogP contribution in [-0.2, 0) is 0 Å². The van der Waals surface area contributed by atoms with E-state index in [4.69, 9.17) is 0 Å². The maximum absolute atomic E-state index is 3.52. The molecule has 0 aliphatic rings. The van der Waals surface area contributed by atoms with Crippen molar-refractivity contribution in [3.63, 3.8) is 0 Å². The number of aryl methyl sites for hydroxylation is 2. The number of nitrogens with zero attached hydrogens (tertiary/aromatic N) is 1. The van der Waals surface area contributed by atoms with E-state index in [1.165, 1.54) is 33.4 Å². The van der Waals surface area contributed by atoms with Gasteiger partial charge in [0.1, 0.15) is 0 Å². The van der Waals surface area contributed by atoms with Crippen molar-refractivity contribution in [1.82, 2.24) is 0 Å². The van der Waals surface area contributed by atoms with Crippen LogP contribution in [0.2, 0.25) is 0 Å². The highest BCUT2D eigenvalue weighted by atomic mass is 79.9. The second kappa shape index (κ2) is 9.70. The lowest BCUT2D eigenvalue weighted by Gasteiger charge is -2.26. The Morgan fingerprint density at radius 2 is 0.647 bits per heavy atom. The van der Waals surface area contributed by atoms with Gasteiger partial charge in [0.05, 0.1) is 0 Å². The smallest absolute Gasteiger partial charge is 0.0462 e. The molecule has 0 fully saturated rings. The minimum atomic E-state index is 1.09. The quantitative estimate of drug-likeness (QED) is 0.230. The number of rotatable bonds is 5. The first-order valence-corrected chi connectivity index (χ1v) is 12.3. The Bertz CT molecular complexity index is 1280. The summed E-state index contributed by atoms with van der Waals surface area (Å²) in [5.41, 5.74) is 10.8. The summed E-state index contributed by atoms with van der Waals surface area (Å²) in [5, 5.41) is 0. The average Bonchev–Trinajstić information content (AvgIpc) is 2.87. The molecule has 5 aromatic carbocycles. The van der Waals surface area contributed by atoms with Crippen molar-refractivity contribution in [1.29, 1.82) is 0 Å². The van der Waals surface area contributed by atoms with Crippen LogP contribution in [0.3, 0.4) is 0 Å². The second-order valence-corrected chi connectivity index (χ2v) is 9.55. The van der Waals surface area contributed by atoms with Crippen molar-refractivity contribution >= 4 is 33.0 Å². The van der Waals surface area contributed by atoms with Crippen LogP contribution >= 0.6 is 15.9 Å². The van der Waals surface area contributed by atoms with E-state index >= 15 is 0 Å². The highest BCUT2D eigenvalue weighted by Gasteiger charge is 2.13. The maximum atomic E-state index is 3.52. The van der Waals surface area contributed by atoms with Crippen LogP contribution in [-0.4, -0.2) is 0 Å². The van der Waals surface area contributed by atoms with Crippen molar-refractivity contribution in [3.8, 4) is 22.3 Å². The lowest BCUT2D eigenvalue weighted by Crippen LogP contribution is -2.09. The molecule has 0 saturated heterocycles. The largest absolute Gasteiger partial charge is 0.311 e. The Morgan fingerprint density at radius 3 is 1.03 bits per heavy atom. The zero-order chi connectivity index (χ0) is 23.5. The third-order valence-corrected chi connectivity index (χ3v) is 6.63. The number of benzene rings is 5. The predicted octanol–water partition coefficient (Wildman–Crippen LogP) is 9.87. The van der Waals surface area contributed by atoms with Gasteiger partial charge in [-0.3, -0.25) is 0 Å². The van der Waals surface area contributed by atoms with E-state index in [0.717, 1.165) is 21.5 Å². The molecule has 5 rings (SSSR count). The van der Waals surface area contributed by atoms with Gasteiger partial charge in [0.15, 0.2) is 0 Å². The zero-order valence-corrected chi connectivity index (χ0v) is 21.0. The molecule has 0 bridgehead atoms. The van der Waals surface area contributed by atoms with Gasteiger partial charge in [-0.05, 0) is 84.6 Å². The van der Waals surface area contributed by atoms with Gasteiger partial charge >= 0.3 is 0 Å². The molecule has 2 heteroatoms. The summed E-state index contributed by atoms with van der Waals surface area (Å²) >= 11 is 3.52. The molecule has 0 heterocycles. The molecule has 0 unspecified atom stereocenters. The lowest BCUT2D eigenvalue weighted by atomic mass is 10.0. The highest BCUT2D eigenvalue weighted by molar-refractivity contribution is 9.10. The maximum Gasteiger partial charge on any atom is 0.0462 e. The first-order chi connectivity index (χ1) is 16.6. The first kappa shape index (κ1) is 22.2. The molecule has 0 aliphatic heterocycles. The van der Waals surface area contributed by atoms with Gasteiger partial charge in [-0.1, -0.05) is 99.9 Å². The standard InChI is InChI=1S/C32H26BrN/c1-23-3-7-25(8-4-23)27-11-19-31(20-12-27)34(30-17-5-24(2)6-18-30)32-21-13-28(14-22-32)26-9-15-29(33)16-10-26/h3-22H,1-2H3. The Labute approximate surface area is 210 Å². The molecule has 0 amide bonds. The Balaban J connectivity index is 1.51. The molecule has 0 N–H and O–H groups in total. The van der Waals surface area contributed by atoms with Crippen molar-refractivity contribution in [2.24, 2.45) is 0 Å². The SMILES string of the molecule is Cc1ccc(-c2ccc(N(c3ccc(C)cc3)c3ccc(-c4ccc(Br)cc4)cc3)cc2)cc1. The fourth-order valence-electron chi connectivity index (χ4n) is 4.14. The van der Waals surface area contributed by atoms with Crippen molar-refractivity contribution in [2.45, 2.75) is 13.8 Å². The fraction of sp³-hybridized carbons (Fsp3) is 0.0625. The molecule has 0 radical (unpaired) electrons. The summed E-state index contributed by atoms with van der Waals surface area (Å²) in [4.78, 5) is 2.31. The second-order valence-electron chi connectivity index (χ2n) is 8.64. The fourth-order valence-corrected chi connectivity index (χ4v) is 4.40. The van der Waals surface area contributed by atoms with E-state index in [2.05, 4.69) is 156 Å². The van der Waals surface area contributed by atoms with Crippen LogP contribution in [0.1, 0.15) is 11.1 Å². The van der Waals surface area contributed by atoms with Crippen molar-refractivity contribution < 1.29 is 0 Å². The van der Waals surface area contributed by atoms with Crippen LogP contribution in [0.4, 0.5) is 17.1 Å². The van der Waals surface area contributed by atoms with Gasteiger partial charge in [0.2, 0.25) is 0 Å². The van der Waals surface area contributed by atoms with Crippen LogP contribution in [0.5, 0.6) is 0 Å². The van der Waals surface area contributed by atoms with Gasteiger partial charge in [-0.15, -0.1) is 0 Å². The summed E-state index contributed by atoms with van der Waals surface area (Å²) in [6.45, 7) is 4.24. The molecule has 0 aromatic heterocycles. The van der Waals surface area contributed by atoms with Crippen LogP contribution in [0, 0.1) is 13.8 Å². The summed E-state index contributed by atoms with van der Waals surface area (Å²) in [6.07, 6.45) is 0. The minimum Gasteiger partial charge on any atom is -0.311 e. The van der Waals surface area contributed by atoms with E-state index in [0.29, 0.717) is 0 Å². The number of hydrogen-bond acceptors (Lipinski definition) is 1. The molecule has 166 valence electrons. The normalized spacial score (nSPS) is 10.8. The predicted molar refractivity (Wildman–Crippen MR) is 149 cm³/mol. The van der Waals surface area contributed by atoms with Gasteiger partial charge < -0.3 is 4.90 Å². The van der Waals surface area contributed by atoms with E-state index in [1.54, 1.807) is 0 Å². The van der Waals surface area contributed by atoms with Crippen LogP contribution in [0.15, 0.2) is 126 Å². The summed E-state index contributed by atoms with van der Waals surface area (Å²) in [7, 11) is 0. The molecule has 0 atom stereocenters. The lowest BCUT2D eigenvalue weighted by molar-refractivity contribution is 1.27. The molecule has 5 aromatic rings. The topological polar surface area (TPSA) is 3.24 Å². The molecular weight excluding hydrogens is 478 g/mol. The van der Waals surface area contributed by atoms with E-state index in [-0.39, 0.29) is 0 Å². The molecular formula is C32H26BrN. The number of hydrogen-bond donors (Lipinski definition) is 0. The zero-order valence-electron chi connectivity index (χ0n) is 19.4. The summed E-state index contributed by atoms with van der Waals surface area (Å²) < 4.78 is 1.09. The van der Waals surface area contributed by atoms with E-state index in [9.17, 15) is 0 Å². The van der Waals surface area contributed by atoms with E-state index < -0.39 is 0 Å². The average molecular weight is 504 g/mol. The third-order valence-electron chi connectivity index (χ3n) is 6.11. The molecule has 0 aliphatic carbocycles. The Hall–Kier alpha value is -3.62. The minimum absolute atomic E-state index is 1.09. The highest BCUT2D eigenvalue weighted by Crippen LogP contribution is 2.36. The third kappa shape index (κ3) is 4.83. The molecule has 0 saturated carbocycles. The van der Waals surface area contributed by atoms with Gasteiger partial charge in [0.25, 0.3) is 0 Å². The number of anilines is 3. The van der Waals surface area contributed by atoms with E-state index in [1.807, 2.05) is 0 Å². The van der Waals surface area contributed by atoms with Crippen LogP contribution < -0.4 is 4.90 Å². The monoisotopic (exact) mass is 503 g/mol. The Morgan fingerprint density at radius 1 is 0.382 bits per heavy atom. The van der Waals surface area contributed by atoms with Crippen LogP contribution in [0.25, 0.3) is 22.3 Å². The Kier molecular flexibility index (Phi) is 6.33.